The third-order valence-electron chi connectivity index (χ3n) is 5.51. The first-order chi connectivity index (χ1) is 14.0. The predicted octanol–water partition coefficient (Wildman–Crippen LogP) is 3.31. The molecule has 0 radical (unpaired) electrons. The van der Waals surface area contributed by atoms with Crippen molar-refractivity contribution in [1.82, 2.24) is 9.47 Å². The molecular formula is C23H25N3O3. The van der Waals surface area contributed by atoms with Gasteiger partial charge in [-0.25, -0.2) is 0 Å². The number of benzene rings is 2. The fourth-order valence-electron chi connectivity index (χ4n) is 3.84. The van der Waals surface area contributed by atoms with Gasteiger partial charge in [0.25, 0.3) is 0 Å². The first-order valence-electron chi connectivity index (χ1n) is 9.82. The summed E-state index contributed by atoms with van der Waals surface area (Å²) in [5.41, 5.74) is 2.57. The summed E-state index contributed by atoms with van der Waals surface area (Å²) in [6.07, 6.45) is 1.75. The highest BCUT2D eigenvalue weighted by Gasteiger charge is 2.20. The maximum atomic E-state index is 12.8. The highest BCUT2D eigenvalue weighted by atomic mass is 16.5. The maximum Gasteiger partial charge on any atom is 0.227 e. The molecule has 0 unspecified atom stereocenters. The number of methoxy groups -OCH3 is 1. The third kappa shape index (κ3) is 4.03. The number of anilines is 1. The Labute approximate surface area is 170 Å². The molecule has 0 saturated carbocycles. The summed E-state index contributed by atoms with van der Waals surface area (Å²) in [6.45, 7) is 5.30. The van der Waals surface area contributed by atoms with Gasteiger partial charge in [0.05, 0.1) is 19.2 Å². The zero-order valence-electron chi connectivity index (χ0n) is 16.8. The predicted molar refractivity (Wildman–Crippen MR) is 114 cm³/mol. The number of ketones is 1. The van der Waals surface area contributed by atoms with Crippen LogP contribution >= 0.6 is 0 Å². The van der Waals surface area contributed by atoms with Crippen molar-refractivity contribution in [2.45, 2.75) is 6.92 Å². The second-order valence-electron chi connectivity index (χ2n) is 7.37. The molecule has 0 amide bonds. The van der Waals surface area contributed by atoms with Gasteiger partial charge in [0.1, 0.15) is 5.75 Å². The topological polar surface area (TPSA) is 54.8 Å². The highest BCUT2D eigenvalue weighted by molar-refractivity contribution is 6.02. The fourth-order valence-corrected chi connectivity index (χ4v) is 3.84. The van der Waals surface area contributed by atoms with Crippen LogP contribution < -0.4 is 9.64 Å². The van der Waals surface area contributed by atoms with Gasteiger partial charge in [0, 0.05) is 62.0 Å². The summed E-state index contributed by atoms with van der Waals surface area (Å²) in [4.78, 5) is 29.1. The average molecular weight is 391 g/mol. The maximum absolute atomic E-state index is 12.8. The van der Waals surface area contributed by atoms with E-state index in [9.17, 15) is 9.59 Å². The third-order valence-corrected chi connectivity index (χ3v) is 5.51. The number of piperazine rings is 1. The van der Waals surface area contributed by atoms with E-state index in [0.717, 1.165) is 48.5 Å². The van der Waals surface area contributed by atoms with E-state index in [1.807, 2.05) is 42.5 Å². The molecule has 0 aliphatic carbocycles. The highest BCUT2D eigenvalue weighted by Crippen LogP contribution is 2.22. The molecule has 1 aliphatic rings. The van der Waals surface area contributed by atoms with Crippen LogP contribution in [0.15, 0.2) is 54.7 Å². The van der Waals surface area contributed by atoms with Crippen molar-refractivity contribution < 1.29 is 14.3 Å². The molecule has 2 heterocycles. The van der Waals surface area contributed by atoms with Crippen LogP contribution in [-0.2, 0) is 0 Å². The number of fused-ring (bicyclic) bond motifs is 1. The van der Waals surface area contributed by atoms with E-state index in [0.29, 0.717) is 12.1 Å². The van der Waals surface area contributed by atoms with E-state index in [1.54, 1.807) is 17.9 Å². The van der Waals surface area contributed by atoms with Crippen LogP contribution in [0.1, 0.15) is 22.1 Å². The van der Waals surface area contributed by atoms with Crippen molar-refractivity contribution in [1.29, 1.82) is 0 Å². The number of hydrogen-bond acceptors (Lipinski definition) is 5. The monoisotopic (exact) mass is 391 g/mol. The van der Waals surface area contributed by atoms with Crippen LogP contribution in [0.5, 0.6) is 5.75 Å². The fraction of sp³-hybridized carbons (Fsp3) is 0.304. The molecule has 2 aromatic carbocycles. The number of carbonyl (C=O) groups excluding carboxylic acids is 2. The van der Waals surface area contributed by atoms with Crippen molar-refractivity contribution in [2.24, 2.45) is 0 Å². The number of Topliss-reactive ketones (excluding diaryl/α,β-unsaturated/α-hetero) is 1. The molecule has 3 aromatic rings. The van der Waals surface area contributed by atoms with Crippen LogP contribution in [0.3, 0.4) is 0 Å². The number of rotatable bonds is 5. The van der Waals surface area contributed by atoms with Crippen molar-refractivity contribution in [2.75, 3.05) is 44.7 Å². The molecule has 1 fully saturated rings. The number of ether oxygens (including phenoxy) is 1. The first-order valence-corrected chi connectivity index (χ1v) is 9.82. The number of aromatic nitrogens is 1. The molecule has 0 bridgehead atoms. The summed E-state index contributed by atoms with van der Waals surface area (Å²) in [6, 6.07) is 15.5. The quantitative estimate of drug-likeness (QED) is 0.625. The molecule has 4 rings (SSSR count). The normalized spacial score (nSPS) is 14.9. The Hall–Kier alpha value is -3.12. The van der Waals surface area contributed by atoms with Crippen LogP contribution in [0.2, 0.25) is 0 Å². The van der Waals surface area contributed by atoms with E-state index >= 15 is 0 Å². The van der Waals surface area contributed by atoms with Gasteiger partial charge in [0.15, 0.2) is 5.78 Å². The van der Waals surface area contributed by atoms with Gasteiger partial charge in [-0.1, -0.05) is 18.2 Å². The van der Waals surface area contributed by atoms with Gasteiger partial charge in [0.2, 0.25) is 5.91 Å². The summed E-state index contributed by atoms with van der Waals surface area (Å²) >= 11 is 0. The van der Waals surface area contributed by atoms with Crippen molar-refractivity contribution in [3.63, 3.8) is 0 Å². The molecule has 0 spiro atoms. The van der Waals surface area contributed by atoms with Crippen LogP contribution in [0.4, 0.5) is 5.69 Å². The van der Waals surface area contributed by atoms with E-state index in [-0.39, 0.29) is 11.7 Å². The Morgan fingerprint density at radius 1 is 1.00 bits per heavy atom. The first kappa shape index (κ1) is 19.2. The summed E-state index contributed by atoms with van der Waals surface area (Å²) in [7, 11) is 1.67. The second kappa shape index (κ2) is 8.09. The van der Waals surface area contributed by atoms with E-state index in [1.165, 1.54) is 6.92 Å². The Bertz CT molecular complexity index is 1050. The van der Waals surface area contributed by atoms with E-state index in [2.05, 4.69) is 15.9 Å². The van der Waals surface area contributed by atoms with Gasteiger partial charge in [-0.3, -0.25) is 19.1 Å². The van der Waals surface area contributed by atoms with E-state index < -0.39 is 0 Å². The van der Waals surface area contributed by atoms with Crippen molar-refractivity contribution in [3.8, 4) is 5.75 Å². The lowest BCUT2D eigenvalue weighted by Crippen LogP contribution is -2.48. The Morgan fingerprint density at radius 3 is 2.52 bits per heavy atom. The molecule has 29 heavy (non-hydrogen) atoms. The molecule has 1 aliphatic heterocycles. The van der Waals surface area contributed by atoms with Crippen molar-refractivity contribution in [3.05, 3.63) is 60.3 Å². The smallest absolute Gasteiger partial charge is 0.227 e. The zero-order valence-corrected chi connectivity index (χ0v) is 16.8. The minimum atomic E-state index is -0.0572. The summed E-state index contributed by atoms with van der Waals surface area (Å²) in [5.74, 6) is 0.877. The van der Waals surface area contributed by atoms with Gasteiger partial charge in [-0.2, -0.15) is 0 Å². The standard InChI is InChI=1S/C23H25N3O3/c1-17(27)26-9-8-18-6-7-19(14-22(18)26)23(28)16-24-10-12-25(13-11-24)20-4-3-5-21(15-20)29-2/h3-9,14-15H,10-13,16H2,1-2H3. The van der Waals surface area contributed by atoms with Gasteiger partial charge < -0.3 is 9.64 Å². The lowest BCUT2D eigenvalue weighted by molar-refractivity contribution is 0.0921. The Kier molecular flexibility index (Phi) is 5.36. The Morgan fingerprint density at radius 2 is 1.79 bits per heavy atom. The molecule has 150 valence electrons. The van der Waals surface area contributed by atoms with Crippen LogP contribution in [-0.4, -0.2) is 61.0 Å². The van der Waals surface area contributed by atoms with Gasteiger partial charge >= 0.3 is 0 Å². The zero-order chi connectivity index (χ0) is 20.4. The molecule has 0 atom stereocenters. The lowest BCUT2D eigenvalue weighted by Gasteiger charge is -2.35. The molecule has 1 aromatic heterocycles. The average Bonchev–Trinajstić information content (AvgIpc) is 3.18. The second-order valence-corrected chi connectivity index (χ2v) is 7.37. The molecule has 1 saturated heterocycles. The summed E-state index contributed by atoms with van der Waals surface area (Å²) in [5, 5.41) is 0.962. The minimum absolute atomic E-state index is 0.0572. The van der Waals surface area contributed by atoms with Crippen LogP contribution in [0.25, 0.3) is 10.9 Å². The largest absolute Gasteiger partial charge is 0.497 e. The molecule has 6 nitrogen and oxygen atoms in total. The number of nitrogens with zero attached hydrogens (tertiary/aromatic N) is 3. The Balaban J connectivity index is 1.40. The molecule has 0 N–H and O–H groups in total. The molecule has 6 heteroatoms. The van der Waals surface area contributed by atoms with Gasteiger partial charge in [-0.15, -0.1) is 0 Å². The number of carbonyl (C=O) groups is 2. The number of hydrogen-bond donors (Lipinski definition) is 0. The minimum Gasteiger partial charge on any atom is -0.497 e. The molecular weight excluding hydrogens is 366 g/mol. The SMILES string of the molecule is COc1cccc(N2CCN(CC(=O)c3ccc4ccn(C(C)=O)c4c3)CC2)c1. The van der Waals surface area contributed by atoms with Crippen molar-refractivity contribution >= 4 is 28.3 Å². The van der Waals surface area contributed by atoms with Gasteiger partial charge in [-0.05, 0) is 24.3 Å². The van der Waals surface area contributed by atoms with Crippen LogP contribution in [0, 0.1) is 0 Å². The van der Waals surface area contributed by atoms with E-state index in [4.69, 9.17) is 4.74 Å². The lowest BCUT2D eigenvalue weighted by atomic mass is 10.1. The summed E-state index contributed by atoms with van der Waals surface area (Å²) < 4.78 is 6.89.